The molecule has 0 amide bonds. The van der Waals surface area contributed by atoms with Crippen LogP contribution in [0.2, 0.25) is 0 Å². The largest absolute Gasteiger partial charge is 0.508 e. The molecule has 1 saturated heterocycles. The van der Waals surface area contributed by atoms with Gasteiger partial charge in [0.1, 0.15) is 11.5 Å². The Morgan fingerprint density at radius 1 is 0.810 bits per heavy atom. The van der Waals surface area contributed by atoms with E-state index < -0.39 is 0 Å². The lowest BCUT2D eigenvalue weighted by molar-refractivity contribution is 0.250. The average Bonchev–Trinajstić information content (AvgIpc) is 2.48. The highest BCUT2D eigenvalue weighted by Crippen LogP contribution is 2.27. The molecule has 0 unspecified atom stereocenters. The Kier molecular flexibility index (Phi) is 3.97. The zero-order valence-corrected chi connectivity index (χ0v) is 11.9. The van der Waals surface area contributed by atoms with Gasteiger partial charge in [0, 0.05) is 56.6 Å². The van der Waals surface area contributed by atoms with Crippen molar-refractivity contribution in [2.45, 2.75) is 6.54 Å². The van der Waals surface area contributed by atoms with E-state index in [0.29, 0.717) is 0 Å². The number of phenolic OH excluding ortho intramolecular Hbond substituents is 2. The predicted octanol–water partition coefficient (Wildman–Crippen LogP) is 2.42. The van der Waals surface area contributed by atoms with Gasteiger partial charge in [-0.3, -0.25) is 4.90 Å². The van der Waals surface area contributed by atoms with Crippen LogP contribution in [-0.4, -0.2) is 41.3 Å². The summed E-state index contributed by atoms with van der Waals surface area (Å²) >= 11 is 0. The van der Waals surface area contributed by atoms with Crippen LogP contribution in [0.3, 0.4) is 0 Å². The second kappa shape index (κ2) is 6.06. The smallest absolute Gasteiger partial charge is 0.121 e. The number of aromatic hydroxyl groups is 2. The summed E-state index contributed by atoms with van der Waals surface area (Å²) in [5, 5.41) is 19.1. The van der Waals surface area contributed by atoms with Crippen LogP contribution in [0, 0.1) is 0 Å². The van der Waals surface area contributed by atoms with Crippen molar-refractivity contribution in [3.05, 3.63) is 54.1 Å². The maximum atomic E-state index is 9.57. The molecule has 4 heteroatoms. The van der Waals surface area contributed by atoms with Crippen LogP contribution >= 0.6 is 0 Å². The second-order valence-corrected chi connectivity index (χ2v) is 5.46. The van der Waals surface area contributed by atoms with Gasteiger partial charge in [-0.25, -0.2) is 0 Å². The molecule has 0 aliphatic carbocycles. The fraction of sp³-hybridized carbons (Fsp3) is 0.294. The van der Waals surface area contributed by atoms with Gasteiger partial charge in [-0.1, -0.05) is 30.3 Å². The molecule has 0 bridgehead atoms. The molecule has 1 aliphatic rings. The Morgan fingerprint density at radius 2 is 1.43 bits per heavy atom. The zero-order chi connectivity index (χ0) is 14.7. The topological polar surface area (TPSA) is 46.9 Å². The van der Waals surface area contributed by atoms with E-state index in [0.717, 1.165) is 38.4 Å². The van der Waals surface area contributed by atoms with Crippen molar-refractivity contribution in [2.75, 3.05) is 31.1 Å². The molecule has 21 heavy (non-hydrogen) atoms. The number of phenols is 2. The molecule has 1 heterocycles. The van der Waals surface area contributed by atoms with Crippen molar-refractivity contribution in [3.63, 3.8) is 0 Å². The Labute approximate surface area is 124 Å². The van der Waals surface area contributed by atoms with Crippen molar-refractivity contribution in [1.29, 1.82) is 0 Å². The number of rotatable bonds is 3. The summed E-state index contributed by atoms with van der Waals surface area (Å²) in [4.78, 5) is 4.62. The Hall–Kier alpha value is -2.20. The monoisotopic (exact) mass is 284 g/mol. The molecule has 1 aliphatic heterocycles. The van der Waals surface area contributed by atoms with Gasteiger partial charge in [-0.2, -0.15) is 0 Å². The second-order valence-electron chi connectivity index (χ2n) is 5.46. The number of nitrogens with zero attached hydrogens (tertiary/aromatic N) is 2. The molecule has 2 aromatic rings. The maximum absolute atomic E-state index is 9.57. The van der Waals surface area contributed by atoms with Crippen LogP contribution in [0.4, 0.5) is 5.69 Å². The van der Waals surface area contributed by atoms with E-state index in [4.69, 9.17) is 0 Å². The lowest BCUT2D eigenvalue weighted by atomic mass is 10.2. The van der Waals surface area contributed by atoms with Gasteiger partial charge in [-0.15, -0.1) is 0 Å². The molecule has 1 fully saturated rings. The fourth-order valence-electron chi connectivity index (χ4n) is 2.77. The molecular formula is C17H20N2O2. The normalized spacial score (nSPS) is 16.1. The minimum absolute atomic E-state index is 0.108. The van der Waals surface area contributed by atoms with Gasteiger partial charge >= 0.3 is 0 Å². The molecule has 4 nitrogen and oxygen atoms in total. The van der Waals surface area contributed by atoms with E-state index in [2.05, 4.69) is 34.1 Å². The molecule has 0 spiro atoms. The highest BCUT2D eigenvalue weighted by molar-refractivity contribution is 5.55. The molecule has 0 aromatic heterocycles. The summed E-state index contributed by atoms with van der Waals surface area (Å²) in [6, 6.07) is 15.2. The van der Waals surface area contributed by atoms with Gasteiger partial charge in [-0.05, 0) is 5.56 Å². The van der Waals surface area contributed by atoms with Crippen molar-refractivity contribution in [1.82, 2.24) is 4.90 Å². The Balaban J connectivity index is 1.60. The first-order valence-corrected chi connectivity index (χ1v) is 7.25. The predicted molar refractivity (Wildman–Crippen MR) is 83.7 cm³/mol. The SMILES string of the molecule is Oc1cc(O)cc(N2CCN(Cc3ccccc3)CC2)c1. The molecule has 2 N–H and O–H groups in total. The summed E-state index contributed by atoms with van der Waals surface area (Å²) < 4.78 is 0. The maximum Gasteiger partial charge on any atom is 0.121 e. The third-order valence-corrected chi connectivity index (χ3v) is 3.87. The summed E-state index contributed by atoms with van der Waals surface area (Å²) in [7, 11) is 0. The molecule has 0 atom stereocenters. The standard InChI is InChI=1S/C17H20N2O2/c20-16-10-15(11-17(21)12-16)19-8-6-18(7-9-19)13-14-4-2-1-3-5-14/h1-5,10-12,20-21H,6-9,13H2. The quantitative estimate of drug-likeness (QED) is 0.908. The summed E-state index contributed by atoms with van der Waals surface area (Å²) in [5.41, 5.74) is 2.22. The number of hydrogen-bond donors (Lipinski definition) is 2. The van der Waals surface area contributed by atoms with Crippen molar-refractivity contribution in [2.24, 2.45) is 0 Å². The molecule has 2 aromatic carbocycles. The molecule has 110 valence electrons. The fourth-order valence-corrected chi connectivity index (χ4v) is 2.77. The first kappa shape index (κ1) is 13.8. The third kappa shape index (κ3) is 3.47. The number of piperazine rings is 1. The van der Waals surface area contributed by atoms with Gasteiger partial charge < -0.3 is 15.1 Å². The lowest BCUT2D eigenvalue weighted by Gasteiger charge is -2.36. The summed E-state index contributed by atoms with van der Waals surface area (Å²) in [6.45, 7) is 4.72. The van der Waals surface area contributed by atoms with E-state index >= 15 is 0 Å². The van der Waals surface area contributed by atoms with Gasteiger partial charge in [0.2, 0.25) is 0 Å². The number of anilines is 1. The van der Waals surface area contributed by atoms with E-state index in [-0.39, 0.29) is 11.5 Å². The Morgan fingerprint density at radius 3 is 2.05 bits per heavy atom. The van der Waals surface area contributed by atoms with Crippen molar-refractivity contribution < 1.29 is 10.2 Å². The van der Waals surface area contributed by atoms with E-state index in [1.54, 1.807) is 12.1 Å². The van der Waals surface area contributed by atoms with Gasteiger partial charge in [0.25, 0.3) is 0 Å². The summed E-state index contributed by atoms with van der Waals surface area (Å²) in [6.07, 6.45) is 0. The first-order valence-electron chi connectivity index (χ1n) is 7.25. The molecular weight excluding hydrogens is 264 g/mol. The van der Waals surface area contributed by atoms with Crippen LogP contribution in [-0.2, 0) is 6.54 Å². The summed E-state index contributed by atoms with van der Waals surface area (Å²) in [5.74, 6) is 0.216. The van der Waals surface area contributed by atoms with Crippen molar-refractivity contribution >= 4 is 5.69 Å². The Bertz CT molecular complexity index is 573. The van der Waals surface area contributed by atoms with Crippen LogP contribution < -0.4 is 4.90 Å². The molecule has 0 radical (unpaired) electrons. The number of benzene rings is 2. The first-order chi connectivity index (χ1) is 10.2. The van der Waals surface area contributed by atoms with Crippen LogP contribution in [0.15, 0.2) is 48.5 Å². The van der Waals surface area contributed by atoms with E-state index in [1.807, 2.05) is 6.07 Å². The van der Waals surface area contributed by atoms with Crippen LogP contribution in [0.25, 0.3) is 0 Å². The van der Waals surface area contributed by atoms with E-state index in [9.17, 15) is 10.2 Å². The third-order valence-electron chi connectivity index (χ3n) is 3.87. The van der Waals surface area contributed by atoms with Crippen LogP contribution in [0.5, 0.6) is 11.5 Å². The molecule has 3 rings (SSSR count). The van der Waals surface area contributed by atoms with Gasteiger partial charge in [0.15, 0.2) is 0 Å². The minimum Gasteiger partial charge on any atom is -0.508 e. The molecule has 0 saturated carbocycles. The van der Waals surface area contributed by atoms with E-state index in [1.165, 1.54) is 11.6 Å². The zero-order valence-electron chi connectivity index (χ0n) is 11.9. The minimum atomic E-state index is 0.108. The highest BCUT2D eigenvalue weighted by atomic mass is 16.3. The average molecular weight is 284 g/mol. The number of hydrogen-bond acceptors (Lipinski definition) is 4. The van der Waals surface area contributed by atoms with Gasteiger partial charge in [0.05, 0.1) is 0 Å². The van der Waals surface area contributed by atoms with Crippen molar-refractivity contribution in [3.8, 4) is 11.5 Å². The highest BCUT2D eigenvalue weighted by Gasteiger charge is 2.18. The lowest BCUT2D eigenvalue weighted by Crippen LogP contribution is -2.45. The van der Waals surface area contributed by atoms with Crippen LogP contribution in [0.1, 0.15) is 5.56 Å².